The summed E-state index contributed by atoms with van der Waals surface area (Å²) in [5, 5.41) is 9.66. The summed E-state index contributed by atoms with van der Waals surface area (Å²) < 4.78 is 53.6. The van der Waals surface area contributed by atoms with Crippen LogP contribution in [-0.2, 0) is 19.1 Å². The quantitative estimate of drug-likeness (QED) is 0.755. The van der Waals surface area contributed by atoms with Crippen molar-refractivity contribution in [2.45, 2.75) is 38.5 Å². The lowest BCUT2D eigenvalue weighted by molar-refractivity contribution is -0.140. The van der Waals surface area contributed by atoms with Gasteiger partial charge in [0.1, 0.15) is 11.6 Å². The zero-order valence-corrected chi connectivity index (χ0v) is 15.0. The molecule has 1 atom stereocenters. The minimum Gasteiger partial charge on any atom is -0.465 e. The maximum Gasteiger partial charge on any atom is 0.419 e. The first-order chi connectivity index (χ1) is 12.6. The van der Waals surface area contributed by atoms with Gasteiger partial charge in [0.05, 0.1) is 17.3 Å². The molecule has 1 amide bonds. The molecule has 10 heteroatoms. The van der Waals surface area contributed by atoms with Crippen molar-refractivity contribution < 1.29 is 27.5 Å². The number of hydrogen-bond donors (Lipinski definition) is 1. The number of aromatic nitrogens is 2. The lowest BCUT2D eigenvalue weighted by atomic mass is 9.99. The van der Waals surface area contributed by atoms with Crippen LogP contribution in [0.25, 0.3) is 0 Å². The van der Waals surface area contributed by atoms with Crippen molar-refractivity contribution in [1.82, 2.24) is 14.5 Å². The Morgan fingerprint density at radius 3 is 2.67 bits per heavy atom. The highest BCUT2D eigenvalue weighted by atomic mass is 35.5. The molecule has 3 rings (SSSR count). The van der Waals surface area contributed by atoms with Crippen molar-refractivity contribution in [2.24, 2.45) is 0 Å². The van der Waals surface area contributed by atoms with Gasteiger partial charge in [0.25, 0.3) is 0 Å². The molecular weight excluding hydrogens is 390 g/mol. The lowest BCUT2D eigenvalue weighted by Gasteiger charge is -2.35. The van der Waals surface area contributed by atoms with E-state index in [2.05, 4.69) is 4.98 Å². The molecule has 0 bridgehead atoms. The van der Waals surface area contributed by atoms with E-state index in [1.165, 1.54) is 11.0 Å². The summed E-state index contributed by atoms with van der Waals surface area (Å²) in [6.07, 6.45) is -5.46. The fourth-order valence-corrected chi connectivity index (χ4v) is 3.78. The maximum absolute atomic E-state index is 13.8. The van der Waals surface area contributed by atoms with E-state index in [4.69, 9.17) is 11.6 Å². The van der Waals surface area contributed by atoms with Crippen LogP contribution in [0.4, 0.5) is 22.4 Å². The fraction of sp³-hybridized carbons (Fsp3) is 0.412. The van der Waals surface area contributed by atoms with E-state index < -0.39 is 29.7 Å². The van der Waals surface area contributed by atoms with Gasteiger partial charge >= 0.3 is 12.3 Å². The summed E-state index contributed by atoms with van der Waals surface area (Å²) in [5.74, 6) is -0.691. The molecular formula is C17H16ClF4N3O2. The van der Waals surface area contributed by atoms with E-state index in [0.29, 0.717) is 29.7 Å². The smallest absolute Gasteiger partial charge is 0.419 e. The van der Waals surface area contributed by atoms with Gasteiger partial charge in [-0.3, -0.25) is 4.90 Å². The van der Waals surface area contributed by atoms with E-state index in [1.807, 2.05) is 4.57 Å². The van der Waals surface area contributed by atoms with E-state index >= 15 is 0 Å². The van der Waals surface area contributed by atoms with Crippen molar-refractivity contribution in [1.29, 1.82) is 0 Å². The lowest BCUT2D eigenvalue weighted by Crippen LogP contribution is -2.41. The second kappa shape index (κ2) is 7.03. The minimum atomic E-state index is -4.76. The number of carbonyl (C=O) groups is 1. The minimum absolute atomic E-state index is 0.185. The second-order valence-electron chi connectivity index (χ2n) is 6.33. The maximum atomic E-state index is 13.8. The normalized spacial score (nSPS) is 17.1. The highest BCUT2D eigenvalue weighted by Crippen LogP contribution is 2.36. The van der Waals surface area contributed by atoms with Crippen molar-refractivity contribution in [2.75, 3.05) is 6.54 Å². The van der Waals surface area contributed by atoms with Crippen molar-refractivity contribution in [3.05, 3.63) is 51.8 Å². The third kappa shape index (κ3) is 3.73. The van der Waals surface area contributed by atoms with Gasteiger partial charge in [0, 0.05) is 13.1 Å². The van der Waals surface area contributed by atoms with Gasteiger partial charge in [-0.1, -0.05) is 17.7 Å². The number of fused-ring (bicyclic) bond motifs is 1. The average molecular weight is 406 g/mol. The fourth-order valence-electron chi connectivity index (χ4n) is 3.43. The van der Waals surface area contributed by atoms with Crippen LogP contribution in [0.5, 0.6) is 0 Å². The van der Waals surface area contributed by atoms with Gasteiger partial charge in [0.15, 0.2) is 5.15 Å². The van der Waals surface area contributed by atoms with Crippen LogP contribution in [0.3, 0.4) is 0 Å². The number of alkyl halides is 3. The molecule has 1 aliphatic heterocycles. The molecule has 5 nitrogen and oxygen atoms in total. The van der Waals surface area contributed by atoms with Crippen LogP contribution in [0, 0.1) is 12.7 Å². The highest BCUT2D eigenvalue weighted by Gasteiger charge is 2.35. The highest BCUT2D eigenvalue weighted by molar-refractivity contribution is 6.30. The molecule has 0 saturated carbocycles. The van der Waals surface area contributed by atoms with Crippen LogP contribution < -0.4 is 0 Å². The van der Waals surface area contributed by atoms with E-state index in [1.54, 1.807) is 6.92 Å². The van der Waals surface area contributed by atoms with Gasteiger partial charge in [0.2, 0.25) is 0 Å². The Labute approximate surface area is 157 Å². The first-order valence-electron chi connectivity index (χ1n) is 8.17. The Hall–Kier alpha value is -2.29. The number of imidazole rings is 1. The molecule has 1 aliphatic rings. The van der Waals surface area contributed by atoms with Crippen LogP contribution in [0.1, 0.15) is 35.1 Å². The van der Waals surface area contributed by atoms with Crippen LogP contribution in [0.15, 0.2) is 18.2 Å². The molecule has 0 fully saturated rings. The third-order valence-electron chi connectivity index (χ3n) is 4.70. The molecule has 2 heterocycles. The number of amides is 1. The molecule has 27 heavy (non-hydrogen) atoms. The monoisotopic (exact) mass is 405 g/mol. The predicted molar refractivity (Wildman–Crippen MR) is 89.2 cm³/mol. The summed E-state index contributed by atoms with van der Waals surface area (Å²) in [6, 6.07) is 2.11. The van der Waals surface area contributed by atoms with Crippen LogP contribution in [0.2, 0.25) is 5.15 Å². The van der Waals surface area contributed by atoms with Crippen LogP contribution in [-0.4, -0.2) is 32.2 Å². The average Bonchev–Trinajstić information content (AvgIpc) is 2.86. The summed E-state index contributed by atoms with van der Waals surface area (Å²) in [5.41, 5.74) is -0.432. The Bertz CT molecular complexity index is 882. The van der Waals surface area contributed by atoms with Crippen molar-refractivity contribution >= 4 is 17.7 Å². The van der Waals surface area contributed by atoms with Gasteiger partial charge in [-0.2, -0.15) is 13.2 Å². The first kappa shape index (κ1) is 19.5. The molecule has 1 aromatic heterocycles. The van der Waals surface area contributed by atoms with E-state index in [-0.39, 0.29) is 24.5 Å². The number of halogens is 5. The first-order valence-corrected chi connectivity index (χ1v) is 8.55. The summed E-state index contributed by atoms with van der Waals surface area (Å²) in [6.45, 7) is 2.41. The molecule has 0 spiro atoms. The Kier molecular flexibility index (Phi) is 5.07. The van der Waals surface area contributed by atoms with E-state index in [0.717, 1.165) is 6.07 Å². The van der Waals surface area contributed by atoms with Gasteiger partial charge in [-0.15, -0.1) is 0 Å². The number of hydrogen-bond acceptors (Lipinski definition) is 2. The zero-order chi connectivity index (χ0) is 19.9. The molecule has 1 N–H and O–H groups in total. The summed E-state index contributed by atoms with van der Waals surface area (Å²) in [4.78, 5) is 17.0. The number of rotatable bonds is 3. The zero-order valence-electron chi connectivity index (χ0n) is 14.2. The Morgan fingerprint density at radius 1 is 1.37 bits per heavy atom. The predicted octanol–water partition coefficient (Wildman–Crippen LogP) is 4.67. The standard InChI is InChI=1S/C17H16ClF4N3O2/c1-9-23-15(18)14-13(25(16(26)27)7-6-24(9)14)5-3-10-2-4-11(12(19)8-10)17(20,21)22/h2,4,8,13H,3,5-7H2,1H3,(H,26,27). The van der Waals surface area contributed by atoms with Crippen LogP contribution >= 0.6 is 11.6 Å². The molecule has 1 unspecified atom stereocenters. The second-order valence-corrected chi connectivity index (χ2v) is 6.69. The molecule has 0 aliphatic carbocycles. The Morgan fingerprint density at radius 2 is 2.07 bits per heavy atom. The van der Waals surface area contributed by atoms with E-state index in [9.17, 15) is 27.5 Å². The SMILES string of the molecule is Cc1nc(Cl)c2n1CCN(C(=O)O)C2CCc1ccc(C(F)(F)F)c(F)c1. The molecule has 146 valence electrons. The van der Waals surface area contributed by atoms with Gasteiger partial charge in [-0.05, 0) is 37.5 Å². The topological polar surface area (TPSA) is 58.4 Å². The Balaban J connectivity index is 1.86. The largest absolute Gasteiger partial charge is 0.465 e. The number of nitrogens with zero attached hydrogens (tertiary/aromatic N) is 3. The molecule has 2 aromatic rings. The number of carboxylic acid groups (broad SMARTS) is 1. The van der Waals surface area contributed by atoms with Crippen molar-refractivity contribution in [3.8, 4) is 0 Å². The van der Waals surface area contributed by atoms with Gasteiger partial charge in [-0.25, -0.2) is 14.2 Å². The number of aryl methyl sites for hydroxylation is 2. The summed E-state index contributed by atoms with van der Waals surface area (Å²) >= 11 is 6.17. The summed E-state index contributed by atoms with van der Waals surface area (Å²) in [7, 11) is 0. The molecule has 0 saturated heterocycles. The van der Waals surface area contributed by atoms with Crippen molar-refractivity contribution in [3.63, 3.8) is 0 Å². The molecule has 1 aromatic carbocycles. The molecule has 0 radical (unpaired) electrons. The number of benzene rings is 1. The van der Waals surface area contributed by atoms with Gasteiger partial charge < -0.3 is 9.67 Å². The third-order valence-corrected chi connectivity index (χ3v) is 4.98.